The summed E-state index contributed by atoms with van der Waals surface area (Å²) in [5.41, 5.74) is 2.77. The number of carbonyl (C=O) groups excluding carboxylic acids is 2. The Balaban J connectivity index is 1.40. The highest BCUT2D eigenvalue weighted by Gasteiger charge is 2.18. The van der Waals surface area contributed by atoms with Crippen molar-refractivity contribution >= 4 is 45.9 Å². The number of benzene rings is 3. The molecule has 0 spiro atoms. The molecule has 1 heterocycles. The molecule has 3 aromatic carbocycles. The predicted molar refractivity (Wildman–Crippen MR) is 130 cm³/mol. The van der Waals surface area contributed by atoms with Crippen LogP contribution in [-0.4, -0.2) is 28.7 Å². The molecule has 7 heteroatoms. The number of halogens is 2. The molecule has 0 atom stereocenters. The van der Waals surface area contributed by atoms with Gasteiger partial charge in [-0.15, -0.1) is 11.8 Å². The van der Waals surface area contributed by atoms with Crippen LogP contribution in [0.5, 0.6) is 0 Å². The van der Waals surface area contributed by atoms with E-state index in [1.54, 1.807) is 18.2 Å². The van der Waals surface area contributed by atoms with Crippen LogP contribution in [-0.2, 0) is 9.53 Å². The van der Waals surface area contributed by atoms with E-state index < -0.39 is 5.97 Å². The standard InChI is InChI=1S/C26H21ClFNO3S/c1-16-13-21(17(2)29(16)20-11-9-19(28)10-12-20)23(30)14-32-25(31)15-33-24-8-4-6-18-5-3-7-22(27)26(18)24/h3-13H,14-15H2,1-2H3. The van der Waals surface area contributed by atoms with Gasteiger partial charge in [-0.2, -0.15) is 0 Å². The van der Waals surface area contributed by atoms with E-state index in [1.807, 2.05) is 54.8 Å². The van der Waals surface area contributed by atoms with Gasteiger partial charge in [0.1, 0.15) is 5.82 Å². The third-order valence-corrected chi connectivity index (χ3v) is 6.69. The van der Waals surface area contributed by atoms with E-state index in [2.05, 4.69) is 0 Å². The maximum Gasteiger partial charge on any atom is 0.316 e. The number of nitrogens with zero attached hydrogens (tertiary/aromatic N) is 1. The van der Waals surface area contributed by atoms with E-state index in [0.29, 0.717) is 16.3 Å². The van der Waals surface area contributed by atoms with Gasteiger partial charge in [-0.05, 0) is 61.7 Å². The maximum atomic E-state index is 13.3. The monoisotopic (exact) mass is 481 g/mol. The minimum Gasteiger partial charge on any atom is -0.457 e. The van der Waals surface area contributed by atoms with Gasteiger partial charge in [-0.25, -0.2) is 4.39 Å². The molecular formula is C26H21ClFNO3S. The van der Waals surface area contributed by atoms with Crippen LogP contribution in [0, 0.1) is 19.7 Å². The number of ketones is 1. The molecule has 0 aliphatic heterocycles. The smallest absolute Gasteiger partial charge is 0.316 e. The van der Waals surface area contributed by atoms with Crippen LogP contribution in [0.15, 0.2) is 71.6 Å². The zero-order valence-electron chi connectivity index (χ0n) is 18.1. The molecular weight excluding hydrogens is 461 g/mol. The number of aromatic nitrogens is 1. The molecule has 0 radical (unpaired) electrons. The van der Waals surface area contributed by atoms with Crippen molar-refractivity contribution in [2.24, 2.45) is 0 Å². The summed E-state index contributed by atoms with van der Waals surface area (Å²) in [5, 5.41) is 2.51. The van der Waals surface area contributed by atoms with E-state index in [1.165, 1.54) is 23.9 Å². The number of thioether (sulfide) groups is 1. The average Bonchev–Trinajstić information content (AvgIpc) is 3.10. The topological polar surface area (TPSA) is 48.3 Å². The van der Waals surface area contributed by atoms with Crippen molar-refractivity contribution in [3.05, 3.63) is 94.5 Å². The third kappa shape index (κ3) is 4.97. The molecule has 4 aromatic rings. The van der Waals surface area contributed by atoms with E-state index in [4.69, 9.17) is 16.3 Å². The Morgan fingerprint density at radius 1 is 1.03 bits per heavy atom. The van der Waals surface area contributed by atoms with Crippen molar-refractivity contribution in [2.75, 3.05) is 12.4 Å². The second kappa shape index (κ2) is 9.81. The highest BCUT2D eigenvalue weighted by atomic mass is 35.5. The molecule has 0 amide bonds. The molecule has 4 nitrogen and oxygen atoms in total. The quantitative estimate of drug-likeness (QED) is 0.170. The lowest BCUT2D eigenvalue weighted by atomic mass is 10.1. The molecule has 0 N–H and O–H groups in total. The van der Waals surface area contributed by atoms with E-state index >= 15 is 0 Å². The summed E-state index contributed by atoms with van der Waals surface area (Å²) in [7, 11) is 0. The van der Waals surface area contributed by atoms with Crippen LogP contribution in [0.4, 0.5) is 4.39 Å². The lowest BCUT2D eigenvalue weighted by molar-refractivity contribution is -0.139. The van der Waals surface area contributed by atoms with Crippen LogP contribution in [0.1, 0.15) is 21.7 Å². The molecule has 0 aliphatic carbocycles. The van der Waals surface area contributed by atoms with E-state index in [9.17, 15) is 14.0 Å². The van der Waals surface area contributed by atoms with Crippen molar-refractivity contribution in [3.8, 4) is 5.69 Å². The van der Waals surface area contributed by atoms with Crippen molar-refractivity contribution in [2.45, 2.75) is 18.7 Å². The van der Waals surface area contributed by atoms with Gasteiger partial charge in [-0.3, -0.25) is 9.59 Å². The maximum absolute atomic E-state index is 13.3. The lowest BCUT2D eigenvalue weighted by Gasteiger charge is -2.10. The van der Waals surface area contributed by atoms with Gasteiger partial charge < -0.3 is 9.30 Å². The van der Waals surface area contributed by atoms with Crippen molar-refractivity contribution in [3.63, 3.8) is 0 Å². The van der Waals surface area contributed by atoms with Gasteiger partial charge in [0.05, 0.1) is 5.75 Å². The van der Waals surface area contributed by atoms with E-state index in [0.717, 1.165) is 27.0 Å². The summed E-state index contributed by atoms with van der Waals surface area (Å²) in [6.45, 7) is 3.33. The molecule has 168 valence electrons. The number of rotatable bonds is 7. The summed E-state index contributed by atoms with van der Waals surface area (Å²) in [6.07, 6.45) is 0. The summed E-state index contributed by atoms with van der Waals surface area (Å²) < 4.78 is 20.4. The number of Topliss-reactive ketones (excluding diaryl/α,β-unsaturated/α-hetero) is 1. The van der Waals surface area contributed by atoms with Crippen LogP contribution >= 0.6 is 23.4 Å². The predicted octanol–water partition coefficient (Wildman–Crippen LogP) is 6.56. The Kier molecular flexibility index (Phi) is 6.86. The molecule has 0 fully saturated rings. The van der Waals surface area contributed by atoms with Crippen molar-refractivity contribution in [1.29, 1.82) is 0 Å². The molecule has 4 rings (SSSR count). The van der Waals surface area contributed by atoms with Gasteiger partial charge in [0.15, 0.2) is 6.61 Å². The molecule has 0 saturated carbocycles. The molecule has 0 bridgehead atoms. The first-order chi connectivity index (χ1) is 15.8. The number of aryl methyl sites for hydroxylation is 1. The average molecular weight is 482 g/mol. The second-order valence-electron chi connectivity index (χ2n) is 7.56. The Labute approximate surface area is 200 Å². The number of hydrogen-bond acceptors (Lipinski definition) is 4. The number of fused-ring (bicyclic) bond motifs is 1. The minimum atomic E-state index is -0.482. The van der Waals surface area contributed by atoms with Crippen LogP contribution < -0.4 is 0 Å². The normalized spacial score (nSPS) is 11.0. The largest absolute Gasteiger partial charge is 0.457 e. The summed E-state index contributed by atoms with van der Waals surface area (Å²) in [6, 6.07) is 19.2. The second-order valence-corrected chi connectivity index (χ2v) is 8.99. The van der Waals surface area contributed by atoms with Gasteiger partial charge in [0.2, 0.25) is 5.78 Å². The fraction of sp³-hybridized carbons (Fsp3) is 0.154. The molecule has 0 saturated heterocycles. The first kappa shape index (κ1) is 23.1. The third-order valence-electron chi connectivity index (χ3n) is 5.34. The summed E-state index contributed by atoms with van der Waals surface area (Å²) >= 11 is 7.66. The fourth-order valence-corrected chi connectivity index (χ4v) is 5.06. The van der Waals surface area contributed by atoms with Crippen LogP contribution in [0.3, 0.4) is 0 Å². The number of ether oxygens (including phenoxy) is 1. The van der Waals surface area contributed by atoms with E-state index in [-0.39, 0.29) is 24.0 Å². The Bertz CT molecular complexity index is 1340. The zero-order valence-corrected chi connectivity index (χ0v) is 19.7. The van der Waals surface area contributed by atoms with Crippen molar-refractivity contribution in [1.82, 2.24) is 4.57 Å². The molecule has 1 aromatic heterocycles. The highest BCUT2D eigenvalue weighted by Crippen LogP contribution is 2.33. The molecule has 0 unspecified atom stereocenters. The van der Waals surface area contributed by atoms with Gasteiger partial charge >= 0.3 is 5.97 Å². The number of hydrogen-bond donors (Lipinski definition) is 0. The lowest BCUT2D eigenvalue weighted by Crippen LogP contribution is -2.16. The SMILES string of the molecule is Cc1cc(C(=O)COC(=O)CSc2cccc3cccc(Cl)c23)c(C)n1-c1ccc(F)cc1. The van der Waals surface area contributed by atoms with Crippen LogP contribution in [0.25, 0.3) is 16.5 Å². The van der Waals surface area contributed by atoms with Gasteiger partial charge in [0.25, 0.3) is 0 Å². The first-order valence-corrected chi connectivity index (χ1v) is 11.7. The molecule has 0 aliphatic rings. The minimum absolute atomic E-state index is 0.0617. The summed E-state index contributed by atoms with van der Waals surface area (Å²) in [4.78, 5) is 25.9. The Hall–Kier alpha value is -3.09. The zero-order chi connectivity index (χ0) is 23.5. The Morgan fingerprint density at radius 3 is 2.45 bits per heavy atom. The van der Waals surface area contributed by atoms with Crippen molar-refractivity contribution < 1.29 is 18.7 Å². The summed E-state index contributed by atoms with van der Waals surface area (Å²) in [5.74, 6) is -1.03. The number of esters is 1. The fourth-order valence-electron chi connectivity index (χ4n) is 3.82. The number of carbonyl (C=O) groups is 2. The van der Waals surface area contributed by atoms with Gasteiger partial charge in [-0.1, -0.05) is 35.9 Å². The van der Waals surface area contributed by atoms with Crippen LogP contribution in [0.2, 0.25) is 5.02 Å². The highest BCUT2D eigenvalue weighted by molar-refractivity contribution is 8.00. The molecule has 33 heavy (non-hydrogen) atoms. The Morgan fingerprint density at radius 2 is 1.73 bits per heavy atom. The van der Waals surface area contributed by atoms with Gasteiger partial charge in [0, 0.05) is 37.9 Å². The first-order valence-electron chi connectivity index (χ1n) is 10.3.